The maximum Gasteiger partial charge on any atom is 0.407 e. The molecule has 1 amide bonds. The van der Waals surface area contributed by atoms with Gasteiger partial charge in [-0.3, -0.25) is 0 Å². The quantitative estimate of drug-likeness (QED) is 0.604. The Hall–Kier alpha value is -3.24. The summed E-state index contributed by atoms with van der Waals surface area (Å²) in [6, 6.07) is 6.03. The molecule has 1 aliphatic heterocycles. The molecule has 1 aromatic carbocycles. The number of carbonyl (C=O) groups is 1. The molecule has 1 N–H and O–H groups in total. The molecule has 1 saturated heterocycles. The molecule has 34 heavy (non-hydrogen) atoms. The van der Waals surface area contributed by atoms with Gasteiger partial charge in [-0.15, -0.1) is 0 Å². The van der Waals surface area contributed by atoms with Gasteiger partial charge in [-0.25, -0.2) is 19.2 Å². The SMILES string of the molecule is Cc1ncnc2c1ccn2[C@@H]1C[C@H](Oc2ccc(F)cc2CN(C)C(=O)O)[C@H]2OC(C)(C)O[C@H]21. The van der Waals surface area contributed by atoms with Crippen LogP contribution in [-0.2, 0) is 16.0 Å². The maximum atomic E-state index is 14.0. The molecular formula is C24H27FN4O5. The number of benzene rings is 1. The number of fused-ring (bicyclic) bond motifs is 2. The molecule has 2 aromatic heterocycles. The van der Waals surface area contributed by atoms with Gasteiger partial charge in [0.25, 0.3) is 0 Å². The number of ether oxygens (including phenoxy) is 3. The van der Waals surface area contributed by atoms with Gasteiger partial charge in [0.15, 0.2) is 5.79 Å². The zero-order chi connectivity index (χ0) is 24.2. The molecule has 180 valence electrons. The summed E-state index contributed by atoms with van der Waals surface area (Å²) in [6.45, 7) is 5.67. The highest BCUT2D eigenvalue weighted by molar-refractivity contribution is 5.78. The first-order chi connectivity index (χ1) is 16.1. The molecule has 5 rings (SSSR count). The normalized spacial score (nSPS) is 25.4. The number of aryl methyl sites for hydroxylation is 1. The predicted molar refractivity (Wildman–Crippen MR) is 120 cm³/mol. The lowest BCUT2D eigenvalue weighted by atomic mass is 10.1. The van der Waals surface area contributed by atoms with Crippen molar-refractivity contribution in [1.82, 2.24) is 19.4 Å². The van der Waals surface area contributed by atoms with E-state index < -0.39 is 23.8 Å². The van der Waals surface area contributed by atoms with Gasteiger partial charge in [-0.2, -0.15) is 0 Å². The van der Waals surface area contributed by atoms with Crippen LogP contribution in [0.4, 0.5) is 9.18 Å². The van der Waals surface area contributed by atoms with E-state index in [1.54, 1.807) is 6.33 Å². The lowest BCUT2D eigenvalue weighted by Crippen LogP contribution is -2.33. The van der Waals surface area contributed by atoms with E-state index in [4.69, 9.17) is 14.2 Å². The van der Waals surface area contributed by atoms with E-state index >= 15 is 0 Å². The standard InChI is InChI=1S/C24H27FN4O5/c1-13-16-7-8-29(22(16)27-12-26-13)17-10-19(21-20(17)33-24(2,3)34-21)32-18-6-5-15(25)9-14(18)11-28(4)23(30)31/h5-9,12,17,19-21H,10-11H2,1-4H3,(H,30,31)/t17-,19+,20+,21-/m1/s1. The second kappa shape index (κ2) is 8.21. The van der Waals surface area contributed by atoms with Gasteiger partial charge in [-0.1, -0.05) is 0 Å². The van der Waals surface area contributed by atoms with Gasteiger partial charge in [0.1, 0.15) is 41.9 Å². The van der Waals surface area contributed by atoms with Crippen molar-refractivity contribution in [2.24, 2.45) is 0 Å². The predicted octanol–water partition coefficient (Wildman–Crippen LogP) is 3.90. The van der Waals surface area contributed by atoms with Crippen LogP contribution in [0, 0.1) is 12.7 Å². The van der Waals surface area contributed by atoms with Crippen LogP contribution in [0.5, 0.6) is 5.75 Å². The summed E-state index contributed by atoms with van der Waals surface area (Å²) in [4.78, 5) is 21.2. The zero-order valence-corrected chi connectivity index (χ0v) is 19.4. The Balaban J connectivity index is 1.47. The van der Waals surface area contributed by atoms with Gasteiger partial charge in [0, 0.05) is 30.6 Å². The van der Waals surface area contributed by atoms with Crippen LogP contribution >= 0.6 is 0 Å². The molecular weight excluding hydrogens is 443 g/mol. The average molecular weight is 471 g/mol. The number of aromatic nitrogens is 3. The summed E-state index contributed by atoms with van der Waals surface area (Å²) < 4.78 is 35.0. The second-order valence-electron chi connectivity index (χ2n) is 9.33. The minimum absolute atomic E-state index is 0.00600. The Morgan fingerprint density at radius 1 is 1.29 bits per heavy atom. The molecule has 3 aromatic rings. The minimum atomic E-state index is -1.11. The third-order valence-electron chi connectivity index (χ3n) is 6.48. The molecule has 9 nitrogen and oxygen atoms in total. The van der Waals surface area contributed by atoms with E-state index in [9.17, 15) is 14.3 Å². The van der Waals surface area contributed by atoms with E-state index in [0.717, 1.165) is 21.6 Å². The number of rotatable bonds is 5. The van der Waals surface area contributed by atoms with Crippen molar-refractivity contribution < 1.29 is 28.5 Å². The van der Waals surface area contributed by atoms with Gasteiger partial charge in [0.05, 0.1) is 18.3 Å². The van der Waals surface area contributed by atoms with E-state index in [-0.39, 0.29) is 24.8 Å². The van der Waals surface area contributed by atoms with E-state index in [2.05, 4.69) is 14.5 Å². The molecule has 2 fully saturated rings. The number of hydrogen-bond donors (Lipinski definition) is 1. The fourth-order valence-corrected chi connectivity index (χ4v) is 4.93. The Bertz CT molecular complexity index is 1250. The van der Waals surface area contributed by atoms with Crippen molar-refractivity contribution in [3.63, 3.8) is 0 Å². The van der Waals surface area contributed by atoms with Gasteiger partial charge in [0.2, 0.25) is 0 Å². The summed E-state index contributed by atoms with van der Waals surface area (Å²) >= 11 is 0. The molecule has 0 unspecified atom stereocenters. The fraction of sp³-hybridized carbons (Fsp3) is 0.458. The number of halogens is 1. The largest absolute Gasteiger partial charge is 0.487 e. The van der Waals surface area contributed by atoms with Gasteiger partial charge >= 0.3 is 6.09 Å². The lowest BCUT2D eigenvalue weighted by molar-refractivity contribution is -0.163. The Morgan fingerprint density at radius 2 is 2.06 bits per heavy atom. The summed E-state index contributed by atoms with van der Waals surface area (Å²) in [5, 5.41) is 10.2. The van der Waals surface area contributed by atoms with Crippen LogP contribution in [0.2, 0.25) is 0 Å². The third-order valence-corrected chi connectivity index (χ3v) is 6.48. The van der Waals surface area contributed by atoms with Gasteiger partial charge < -0.3 is 28.8 Å². The first-order valence-corrected chi connectivity index (χ1v) is 11.2. The molecule has 0 spiro atoms. The summed E-state index contributed by atoms with van der Waals surface area (Å²) in [5.74, 6) is -0.833. The number of carboxylic acid groups (broad SMARTS) is 1. The van der Waals surface area contributed by atoms with Crippen molar-refractivity contribution in [3.05, 3.63) is 53.9 Å². The van der Waals surface area contributed by atoms with Crippen molar-refractivity contribution in [2.75, 3.05) is 7.05 Å². The zero-order valence-electron chi connectivity index (χ0n) is 19.4. The van der Waals surface area contributed by atoms with Crippen molar-refractivity contribution >= 4 is 17.1 Å². The topological polar surface area (TPSA) is 98.9 Å². The first-order valence-electron chi connectivity index (χ1n) is 11.2. The van der Waals surface area contributed by atoms with Crippen LogP contribution in [-0.4, -0.2) is 61.8 Å². The highest BCUT2D eigenvalue weighted by atomic mass is 19.1. The molecule has 0 radical (unpaired) electrons. The van der Waals surface area contributed by atoms with Crippen LogP contribution in [0.1, 0.15) is 37.6 Å². The monoisotopic (exact) mass is 470 g/mol. The first kappa shape index (κ1) is 22.5. The van der Waals surface area contributed by atoms with Crippen LogP contribution < -0.4 is 4.74 Å². The average Bonchev–Trinajstić information content (AvgIpc) is 3.42. The molecule has 0 bridgehead atoms. The van der Waals surface area contributed by atoms with Crippen molar-refractivity contribution in [3.8, 4) is 5.75 Å². The Kier molecular flexibility index (Phi) is 5.44. The molecule has 1 saturated carbocycles. The Labute approximate surface area is 196 Å². The molecule has 1 aliphatic carbocycles. The highest BCUT2D eigenvalue weighted by Gasteiger charge is 2.56. The fourth-order valence-electron chi connectivity index (χ4n) is 4.93. The van der Waals surface area contributed by atoms with Crippen LogP contribution in [0.3, 0.4) is 0 Å². The van der Waals surface area contributed by atoms with E-state index in [0.29, 0.717) is 17.7 Å². The van der Waals surface area contributed by atoms with Gasteiger partial charge in [-0.05, 0) is 45.0 Å². The number of amides is 1. The Morgan fingerprint density at radius 3 is 2.82 bits per heavy atom. The summed E-state index contributed by atoms with van der Waals surface area (Å²) in [7, 11) is 1.43. The maximum absolute atomic E-state index is 14.0. The third kappa shape index (κ3) is 3.97. The summed E-state index contributed by atoms with van der Waals surface area (Å²) in [6.07, 6.45) is 1.96. The molecule has 2 aliphatic rings. The molecule has 3 heterocycles. The number of hydrogen-bond acceptors (Lipinski definition) is 6. The minimum Gasteiger partial charge on any atom is -0.487 e. The van der Waals surface area contributed by atoms with E-state index in [1.807, 2.05) is 33.0 Å². The smallest absolute Gasteiger partial charge is 0.407 e. The second-order valence-corrected chi connectivity index (χ2v) is 9.33. The summed E-state index contributed by atoms with van der Waals surface area (Å²) in [5.41, 5.74) is 2.15. The number of nitrogens with zero attached hydrogens (tertiary/aromatic N) is 4. The van der Waals surface area contributed by atoms with Crippen molar-refractivity contribution in [1.29, 1.82) is 0 Å². The molecule has 10 heteroatoms. The van der Waals surface area contributed by atoms with Crippen LogP contribution in [0.25, 0.3) is 11.0 Å². The van der Waals surface area contributed by atoms with E-state index in [1.165, 1.54) is 25.2 Å². The van der Waals surface area contributed by atoms with Crippen LogP contribution in [0.15, 0.2) is 36.8 Å². The highest BCUT2D eigenvalue weighted by Crippen LogP contribution is 2.46. The lowest BCUT2D eigenvalue weighted by Gasteiger charge is -2.25. The molecule has 4 atom stereocenters. The van der Waals surface area contributed by atoms with Crippen molar-refractivity contribution in [2.45, 2.75) is 63.9 Å².